The van der Waals surface area contributed by atoms with E-state index in [4.69, 9.17) is 9.47 Å². The van der Waals surface area contributed by atoms with Crippen LogP contribution >= 0.6 is 27.3 Å². The fourth-order valence-corrected chi connectivity index (χ4v) is 3.39. The first kappa shape index (κ1) is 18.4. The van der Waals surface area contributed by atoms with E-state index in [0.29, 0.717) is 18.1 Å². The van der Waals surface area contributed by atoms with Crippen molar-refractivity contribution in [3.63, 3.8) is 0 Å². The van der Waals surface area contributed by atoms with Gasteiger partial charge in [-0.25, -0.2) is 4.98 Å². The maximum Gasteiger partial charge on any atom is 0.203 e. The highest BCUT2D eigenvalue weighted by molar-refractivity contribution is 9.10. The Labute approximate surface area is 164 Å². The molecule has 0 aliphatic heterocycles. The van der Waals surface area contributed by atoms with E-state index in [9.17, 15) is 0 Å². The lowest BCUT2D eigenvalue weighted by molar-refractivity contribution is 0.310. The summed E-state index contributed by atoms with van der Waals surface area (Å²) in [5.41, 5.74) is 5.86. The third-order valence-electron chi connectivity index (χ3n) is 3.52. The third kappa shape index (κ3) is 4.42. The summed E-state index contributed by atoms with van der Waals surface area (Å²) >= 11 is 5.04. The number of benzene rings is 2. The number of anilines is 1. The third-order valence-corrected chi connectivity index (χ3v) is 4.95. The van der Waals surface area contributed by atoms with Gasteiger partial charge in [-0.1, -0.05) is 30.3 Å². The second-order valence-corrected chi connectivity index (χ2v) is 6.94. The van der Waals surface area contributed by atoms with Crippen molar-refractivity contribution in [2.75, 3.05) is 19.1 Å². The van der Waals surface area contributed by atoms with E-state index in [2.05, 4.69) is 31.4 Å². The van der Waals surface area contributed by atoms with Crippen LogP contribution in [0.1, 0.15) is 12.5 Å². The van der Waals surface area contributed by atoms with Crippen molar-refractivity contribution in [3.8, 4) is 22.8 Å². The molecule has 0 aliphatic carbocycles. The predicted octanol–water partition coefficient (Wildman–Crippen LogP) is 5.43. The topological polar surface area (TPSA) is 55.7 Å². The van der Waals surface area contributed by atoms with E-state index in [1.807, 2.05) is 54.8 Å². The van der Waals surface area contributed by atoms with E-state index in [0.717, 1.165) is 26.4 Å². The highest BCUT2D eigenvalue weighted by Gasteiger charge is 2.09. The first-order chi connectivity index (χ1) is 12.7. The molecule has 0 atom stereocenters. The van der Waals surface area contributed by atoms with Crippen molar-refractivity contribution in [1.29, 1.82) is 0 Å². The molecular formula is C19H18BrN3O2S. The normalized spacial score (nSPS) is 10.9. The number of methoxy groups -OCH3 is 1. The van der Waals surface area contributed by atoms with Crippen LogP contribution in [0.2, 0.25) is 0 Å². The first-order valence-corrected chi connectivity index (χ1v) is 9.69. The lowest BCUT2D eigenvalue weighted by atomic mass is 10.2. The van der Waals surface area contributed by atoms with Gasteiger partial charge < -0.3 is 9.47 Å². The number of hydrogen-bond donors (Lipinski definition) is 1. The van der Waals surface area contributed by atoms with E-state index in [1.165, 1.54) is 11.3 Å². The molecule has 26 heavy (non-hydrogen) atoms. The molecule has 0 spiro atoms. The quantitative estimate of drug-likeness (QED) is 0.400. The lowest BCUT2D eigenvalue weighted by Crippen LogP contribution is -1.98. The van der Waals surface area contributed by atoms with Crippen molar-refractivity contribution in [2.45, 2.75) is 6.92 Å². The second-order valence-electron chi connectivity index (χ2n) is 5.23. The first-order valence-electron chi connectivity index (χ1n) is 8.01. The number of rotatable bonds is 7. The zero-order chi connectivity index (χ0) is 18.4. The lowest BCUT2D eigenvalue weighted by Gasteiger charge is -2.11. The summed E-state index contributed by atoms with van der Waals surface area (Å²) in [6, 6.07) is 13.8. The molecule has 3 aromatic rings. The Morgan fingerprint density at radius 2 is 2.04 bits per heavy atom. The zero-order valence-corrected chi connectivity index (χ0v) is 16.8. The Morgan fingerprint density at radius 1 is 1.23 bits per heavy atom. The van der Waals surface area contributed by atoms with Crippen molar-refractivity contribution in [1.82, 2.24) is 4.98 Å². The van der Waals surface area contributed by atoms with Gasteiger partial charge in [0, 0.05) is 21.0 Å². The van der Waals surface area contributed by atoms with Crippen molar-refractivity contribution >= 4 is 38.6 Å². The van der Waals surface area contributed by atoms with Crippen molar-refractivity contribution in [3.05, 3.63) is 57.9 Å². The summed E-state index contributed by atoms with van der Waals surface area (Å²) in [6.07, 6.45) is 1.71. The number of nitrogens with zero attached hydrogens (tertiary/aromatic N) is 2. The Morgan fingerprint density at radius 3 is 2.77 bits per heavy atom. The summed E-state index contributed by atoms with van der Waals surface area (Å²) in [5, 5.41) is 7.01. The molecule has 0 unspecified atom stereocenters. The minimum Gasteiger partial charge on any atom is -0.493 e. The van der Waals surface area contributed by atoms with E-state index in [-0.39, 0.29) is 0 Å². The highest BCUT2D eigenvalue weighted by Crippen LogP contribution is 2.33. The Kier molecular flexibility index (Phi) is 6.25. The van der Waals surface area contributed by atoms with Gasteiger partial charge >= 0.3 is 0 Å². The molecule has 0 saturated heterocycles. The smallest absolute Gasteiger partial charge is 0.203 e. The predicted molar refractivity (Wildman–Crippen MR) is 111 cm³/mol. The van der Waals surface area contributed by atoms with Gasteiger partial charge in [0.05, 0.1) is 25.6 Å². The molecule has 1 aromatic heterocycles. The average molecular weight is 432 g/mol. The van der Waals surface area contributed by atoms with Crippen LogP contribution in [0.3, 0.4) is 0 Å². The fraction of sp³-hybridized carbons (Fsp3) is 0.158. The monoisotopic (exact) mass is 431 g/mol. The fourth-order valence-electron chi connectivity index (χ4n) is 2.30. The number of aromatic nitrogens is 1. The summed E-state index contributed by atoms with van der Waals surface area (Å²) in [6.45, 7) is 2.51. The largest absolute Gasteiger partial charge is 0.493 e. The summed E-state index contributed by atoms with van der Waals surface area (Å²) < 4.78 is 11.8. The molecular weight excluding hydrogens is 414 g/mol. The maximum atomic E-state index is 5.56. The SMILES string of the molecule is CCOc1cc(Br)c(C=NNc2nc(-c3ccccc3)cs2)cc1OC. The molecule has 0 saturated carbocycles. The van der Waals surface area contributed by atoms with Crippen LogP contribution in [0.4, 0.5) is 5.13 Å². The van der Waals surface area contributed by atoms with Crippen LogP contribution in [-0.2, 0) is 0 Å². The molecule has 0 amide bonds. The molecule has 7 heteroatoms. The number of ether oxygens (including phenoxy) is 2. The summed E-state index contributed by atoms with van der Waals surface area (Å²) in [4.78, 5) is 4.54. The molecule has 5 nitrogen and oxygen atoms in total. The van der Waals surface area contributed by atoms with Crippen LogP contribution in [-0.4, -0.2) is 24.9 Å². The van der Waals surface area contributed by atoms with Gasteiger partial charge in [-0.2, -0.15) is 5.10 Å². The van der Waals surface area contributed by atoms with Gasteiger partial charge in [0.1, 0.15) is 0 Å². The number of hydrazone groups is 1. The maximum absolute atomic E-state index is 5.56. The Hall–Kier alpha value is -2.38. The number of nitrogens with one attached hydrogen (secondary N) is 1. The Bertz CT molecular complexity index is 897. The molecule has 0 fully saturated rings. The Balaban J connectivity index is 1.72. The van der Waals surface area contributed by atoms with Crippen LogP contribution in [0.25, 0.3) is 11.3 Å². The van der Waals surface area contributed by atoms with Gasteiger partial charge in [-0.05, 0) is 35.0 Å². The molecule has 1 N–H and O–H groups in total. The van der Waals surface area contributed by atoms with Crippen LogP contribution in [0, 0.1) is 0 Å². The number of halogens is 1. The second kappa shape index (κ2) is 8.82. The highest BCUT2D eigenvalue weighted by atomic mass is 79.9. The minimum atomic E-state index is 0.575. The molecule has 3 rings (SSSR count). The molecule has 0 bridgehead atoms. The van der Waals surface area contributed by atoms with E-state index < -0.39 is 0 Å². The standard InChI is InChI=1S/C19H18BrN3O2S/c1-3-25-18-10-15(20)14(9-17(18)24-2)11-21-23-19-22-16(12-26-19)13-7-5-4-6-8-13/h4-12H,3H2,1-2H3,(H,22,23). The number of thiazole rings is 1. The van der Waals surface area contributed by atoms with Gasteiger partial charge in [-0.15, -0.1) is 11.3 Å². The van der Waals surface area contributed by atoms with E-state index >= 15 is 0 Å². The van der Waals surface area contributed by atoms with Crippen molar-refractivity contribution < 1.29 is 9.47 Å². The van der Waals surface area contributed by atoms with Gasteiger partial charge in [-0.3, -0.25) is 5.43 Å². The summed E-state index contributed by atoms with van der Waals surface area (Å²) in [7, 11) is 1.62. The molecule has 1 heterocycles. The van der Waals surface area contributed by atoms with E-state index in [1.54, 1.807) is 13.3 Å². The van der Waals surface area contributed by atoms with Gasteiger partial charge in [0.15, 0.2) is 11.5 Å². The molecule has 0 radical (unpaired) electrons. The molecule has 134 valence electrons. The van der Waals surface area contributed by atoms with Crippen LogP contribution < -0.4 is 14.9 Å². The average Bonchev–Trinajstić information content (AvgIpc) is 3.13. The van der Waals surface area contributed by atoms with Crippen LogP contribution in [0.15, 0.2) is 57.4 Å². The molecule has 2 aromatic carbocycles. The minimum absolute atomic E-state index is 0.575. The number of hydrogen-bond acceptors (Lipinski definition) is 6. The zero-order valence-electron chi connectivity index (χ0n) is 14.4. The van der Waals surface area contributed by atoms with Gasteiger partial charge in [0.25, 0.3) is 0 Å². The summed E-state index contributed by atoms with van der Waals surface area (Å²) in [5.74, 6) is 1.36. The van der Waals surface area contributed by atoms with Crippen molar-refractivity contribution in [2.24, 2.45) is 5.10 Å². The molecule has 0 aliphatic rings. The van der Waals surface area contributed by atoms with Gasteiger partial charge in [0.2, 0.25) is 5.13 Å². The van der Waals surface area contributed by atoms with Crippen LogP contribution in [0.5, 0.6) is 11.5 Å².